The highest BCUT2D eigenvalue weighted by Crippen LogP contribution is 2.30. The fraction of sp³-hybridized carbons (Fsp3) is 0.0625. The summed E-state index contributed by atoms with van der Waals surface area (Å²) in [5.74, 6) is -0.0112. The summed E-state index contributed by atoms with van der Waals surface area (Å²) in [5.41, 5.74) is 2.09. The average Bonchev–Trinajstić information content (AvgIpc) is 2.73. The van der Waals surface area contributed by atoms with Gasteiger partial charge in [0.1, 0.15) is 0 Å². The van der Waals surface area contributed by atoms with E-state index in [1.165, 1.54) is 9.80 Å². The van der Waals surface area contributed by atoms with Crippen LogP contribution in [0, 0.1) is 12.3 Å². The zero-order valence-electron chi connectivity index (χ0n) is 11.7. The number of nitrogens with one attached hydrogen (secondary N) is 1. The Hall–Kier alpha value is -2.24. The fourth-order valence-corrected chi connectivity index (χ4v) is 2.70. The number of carbonyl (C=O) groups excluding carboxylic acids is 1. The third kappa shape index (κ3) is 2.28. The molecular weight excluding hydrogens is 318 g/mol. The second-order valence-electron chi connectivity index (χ2n) is 4.88. The molecule has 0 aromatic heterocycles. The van der Waals surface area contributed by atoms with Crippen molar-refractivity contribution in [3.63, 3.8) is 0 Å². The lowest BCUT2D eigenvalue weighted by Crippen LogP contribution is -2.33. The van der Waals surface area contributed by atoms with Gasteiger partial charge in [0.05, 0.1) is 11.4 Å². The average molecular weight is 330 g/mol. The maximum atomic E-state index is 12.7. The molecule has 0 unspecified atom stereocenters. The number of aryl methyl sites for hydroxylation is 1. The highest BCUT2D eigenvalue weighted by molar-refractivity contribution is 7.82. The maximum Gasteiger partial charge on any atom is 0.340 e. The lowest BCUT2D eigenvalue weighted by molar-refractivity contribution is 0.257. The molecule has 22 heavy (non-hydrogen) atoms. The van der Waals surface area contributed by atoms with Crippen LogP contribution in [0.25, 0.3) is 0 Å². The molecular formula is C16H12ClN3OS. The Bertz CT molecular complexity index is 791. The third-order valence-corrected chi connectivity index (χ3v) is 4.22. The number of benzene rings is 2. The van der Waals surface area contributed by atoms with Crippen molar-refractivity contribution in [1.29, 1.82) is 5.41 Å². The van der Waals surface area contributed by atoms with Crippen molar-refractivity contribution < 1.29 is 4.79 Å². The molecule has 2 amide bonds. The summed E-state index contributed by atoms with van der Waals surface area (Å²) in [5, 5.41) is 8.70. The highest BCUT2D eigenvalue weighted by atomic mass is 35.5. The highest BCUT2D eigenvalue weighted by Gasteiger charge is 2.40. The molecule has 0 bridgehead atoms. The number of urea groups is 1. The van der Waals surface area contributed by atoms with Crippen molar-refractivity contribution in [2.24, 2.45) is 0 Å². The van der Waals surface area contributed by atoms with Gasteiger partial charge in [-0.2, -0.15) is 0 Å². The topological polar surface area (TPSA) is 47.4 Å². The minimum Gasteiger partial charge on any atom is -0.281 e. The Morgan fingerprint density at radius 3 is 2.36 bits per heavy atom. The van der Waals surface area contributed by atoms with E-state index in [0.29, 0.717) is 16.4 Å². The van der Waals surface area contributed by atoms with Gasteiger partial charge in [0, 0.05) is 5.02 Å². The quantitative estimate of drug-likeness (QED) is 0.830. The van der Waals surface area contributed by atoms with E-state index in [9.17, 15) is 4.79 Å². The van der Waals surface area contributed by atoms with E-state index < -0.39 is 0 Å². The van der Waals surface area contributed by atoms with Crippen molar-refractivity contribution in [2.45, 2.75) is 6.92 Å². The van der Waals surface area contributed by atoms with Gasteiger partial charge in [-0.15, -0.1) is 0 Å². The maximum absolute atomic E-state index is 12.7. The first-order valence-corrected chi connectivity index (χ1v) is 7.37. The first-order chi connectivity index (χ1) is 10.5. The van der Waals surface area contributed by atoms with Gasteiger partial charge in [-0.1, -0.05) is 48.1 Å². The molecule has 1 saturated heterocycles. The number of rotatable bonds is 2. The van der Waals surface area contributed by atoms with Gasteiger partial charge < -0.3 is 0 Å². The number of amides is 2. The number of carbonyl (C=O) groups is 1. The zero-order valence-corrected chi connectivity index (χ0v) is 13.3. The Balaban J connectivity index is 2.04. The molecule has 1 N–H and O–H groups in total. The number of anilines is 2. The molecule has 0 radical (unpaired) electrons. The summed E-state index contributed by atoms with van der Waals surface area (Å²) in [4.78, 5) is 15.5. The number of nitrogens with zero attached hydrogens (tertiary/aromatic N) is 2. The molecule has 1 fully saturated rings. The van der Waals surface area contributed by atoms with E-state index in [-0.39, 0.29) is 16.9 Å². The lowest BCUT2D eigenvalue weighted by Gasteiger charge is -2.17. The van der Waals surface area contributed by atoms with Gasteiger partial charge in [0.15, 0.2) is 10.8 Å². The van der Waals surface area contributed by atoms with E-state index in [2.05, 4.69) is 0 Å². The monoisotopic (exact) mass is 329 g/mol. The molecule has 110 valence electrons. The molecule has 0 atom stereocenters. The molecule has 0 aliphatic carbocycles. The summed E-state index contributed by atoms with van der Waals surface area (Å²) in [6.45, 7) is 1.88. The van der Waals surface area contributed by atoms with E-state index in [4.69, 9.17) is 29.2 Å². The number of para-hydroxylation sites is 1. The van der Waals surface area contributed by atoms with Crippen LogP contribution in [0.4, 0.5) is 16.2 Å². The number of halogens is 1. The van der Waals surface area contributed by atoms with Crippen molar-refractivity contribution in [3.05, 3.63) is 59.1 Å². The van der Waals surface area contributed by atoms with Gasteiger partial charge in [-0.25, -0.2) is 14.6 Å². The normalized spacial score (nSPS) is 14.9. The Labute approximate surface area is 138 Å². The number of thiocarbonyl (C=S) groups is 1. The first-order valence-electron chi connectivity index (χ1n) is 6.59. The predicted octanol–water partition coefficient (Wildman–Crippen LogP) is 4.40. The molecule has 6 heteroatoms. The van der Waals surface area contributed by atoms with Crippen LogP contribution in [0.2, 0.25) is 5.02 Å². The van der Waals surface area contributed by atoms with E-state index >= 15 is 0 Å². The molecule has 4 nitrogen and oxygen atoms in total. The van der Waals surface area contributed by atoms with Crippen LogP contribution in [-0.4, -0.2) is 16.9 Å². The van der Waals surface area contributed by atoms with Gasteiger partial charge in [-0.05, 0) is 36.8 Å². The van der Waals surface area contributed by atoms with Crippen LogP contribution in [0.1, 0.15) is 5.56 Å². The van der Waals surface area contributed by atoms with E-state index in [1.807, 2.05) is 31.2 Å². The Morgan fingerprint density at radius 1 is 1.05 bits per heavy atom. The predicted molar refractivity (Wildman–Crippen MR) is 93.3 cm³/mol. The first kappa shape index (κ1) is 14.7. The lowest BCUT2D eigenvalue weighted by atomic mass is 10.2. The molecule has 2 aromatic carbocycles. The summed E-state index contributed by atoms with van der Waals surface area (Å²) < 4.78 is 0. The Kier molecular flexibility index (Phi) is 3.68. The van der Waals surface area contributed by atoms with Crippen molar-refractivity contribution in [2.75, 3.05) is 9.80 Å². The van der Waals surface area contributed by atoms with Gasteiger partial charge in [-0.3, -0.25) is 5.41 Å². The van der Waals surface area contributed by atoms with Crippen LogP contribution in [0.5, 0.6) is 0 Å². The van der Waals surface area contributed by atoms with Crippen LogP contribution in [0.15, 0.2) is 48.5 Å². The summed E-state index contributed by atoms with van der Waals surface area (Å²) in [6, 6.07) is 13.9. The molecule has 1 aliphatic rings. The number of amidine groups is 1. The standard InChI is InChI=1S/C16H12ClN3OS/c1-10-7-8-12(9-13(10)17)20-15(22)14(18)19(16(20)21)11-5-3-2-4-6-11/h2-9,18H,1H3. The summed E-state index contributed by atoms with van der Waals surface area (Å²) in [6.07, 6.45) is 0. The summed E-state index contributed by atoms with van der Waals surface area (Å²) >= 11 is 11.4. The van der Waals surface area contributed by atoms with Crippen LogP contribution < -0.4 is 9.80 Å². The molecule has 0 saturated carbocycles. The van der Waals surface area contributed by atoms with Crippen molar-refractivity contribution in [1.82, 2.24) is 0 Å². The second-order valence-corrected chi connectivity index (χ2v) is 5.67. The largest absolute Gasteiger partial charge is 0.340 e. The minimum atomic E-state index is -0.374. The SMILES string of the molecule is Cc1ccc(N2C(=O)N(c3ccccc3)C(=N)C2=S)cc1Cl. The molecule has 1 aliphatic heterocycles. The zero-order chi connectivity index (χ0) is 15.9. The second kappa shape index (κ2) is 5.51. The minimum absolute atomic E-state index is 0.0112. The van der Waals surface area contributed by atoms with Crippen LogP contribution in [-0.2, 0) is 0 Å². The molecule has 1 heterocycles. The number of hydrogen-bond donors (Lipinski definition) is 1. The van der Waals surface area contributed by atoms with E-state index in [1.54, 1.807) is 24.3 Å². The van der Waals surface area contributed by atoms with Crippen LogP contribution in [0.3, 0.4) is 0 Å². The van der Waals surface area contributed by atoms with Gasteiger partial charge in [0.2, 0.25) is 0 Å². The smallest absolute Gasteiger partial charge is 0.281 e. The third-order valence-electron chi connectivity index (χ3n) is 3.44. The van der Waals surface area contributed by atoms with Gasteiger partial charge in [0.25, 0.3) is 0 Å². The molecule has 3 rings (SSSR count). The summed E-state index contributed by atoms with van der Waals surface area (Å²) in [7, 11) is 0. The van der Waals surface area contributed by atoms with Crippen molar-refractivity contribution >= 4 is 52.0 Å². The van der Waals surface area contributed by atoms with Crippen LogP contribution >= 0.6 is 23.8 Å². The van der Waals surface area contributed by atoms with Crippen molar-refractivity contribution in [3.8, 4) is 0 Å². The van der Waals surface area contributed by atoms with E-state index in [0.717, 1.165) is 5.56 Å². The number of hydrogen-bond acceptors (Lipinski definition) is 3. The van der Waals surface area contributed by atoms with Gasteiger partial charge >= 0.3 is 6.03 Å². The fourth-order valence-electron chi connectivity index (χ4n) is 2.25. The molecule has 2 aromatic rings. The molecule has 0 spiro atoms. The Morgan fingerprint density at radius 2 is 1.73 bits per heavy atom.